The molecule has 24 heavy (non-hydrogen) atoms. The molecule has 0 aromatic heterocycles. The summed E-state index contributed by atoms with van der Waals surface area (Å²) in [5.74, 6) is 1.89. The Balaban J connectivity index is 0.00000288. The van der Waals surface area contributed by atoms with Crippen LogP contribution in [0.5, 0.6) is 0 Å². The largest absolute Gasteiger partial charge is 0.349 e. The maximum atomic E-state index is 4.70. The highest BCUT2D eigenvalue weighted by Crippen LogP contribution is 2.18. The summed E-state index contributed by atoms with van der Waals surface area (Å²) < 4.78 is 0. The molecule has 1 aromatic rings. The second kappa shape index (κ2) is 10.2. The third-order valence-corrected chi connectivity index (χ3v) is 4.51. The Bertz CT molecular complexity index is 493. The number of hydrogen-bond donors (Lipinski definition) is 0. The lowest BCUT2D eigenvalue weighted by molar-refractivity contribution is 0.185. The molecular formula is C19H33IN4. The van der Waals surface area contributed by atoms with Gasteiger partial charge in [0.2, 0.25) is 0 Å². The van der Waals surface area contributed by atoms with Crippen molar-refractivity contribution in [2.45, 2.75) is 32.9 Å². The van der Waals surface area contributed by atoms with Crippen molar-refractivity contribution in [3.05, 3.63) is 35.4 Å². The third kappa shape index (κ3) is 6.59. The second-order valence-corrected chi connectivity index (χ2v) is 7.18. The van der Waals surface area contributed by atoms with Crippen LogP contribution in [0.25, 0.3) is 0 Å². The van der Waals surface area contributed by atoms with Crippen molar-refractivity contribution >= 4 is 29.9 Å². The van der Waals surface area contributed by atoms with Gasteiger partial charge < -0.3 is 9.80 Å². The highest BCUT2D eigenvalue weighted by molar-refractivity contribution is 14.0. The molecule has 2 rings (SSSR count). The van der Waals surface area contributed by atoms with Crippen LogP contribution in [0.4, 0.5) is 0 Å². The number of halogens is 1. The number of likely N-dealkylation sites (tertiary alicyclic amines) is 1. The highest BCUT2D eigenvalue weighted by Gasteiger charge is 2.15. The first kappa shape index (κ1) is 21.2. The van der Waals surface area contributed by atoms with Crippen molar-refractivity contribution in [1.29, 1.82) is 0 Å². The van der Waals surface area contributed by atoms with Crippen LogP contribution in [0, 0.1) is 5.92 Å². The van der Waals surface area contributed by atoms with E-state index < -0.39 is 0 Å². The zero-order valence-corrected chi connectivity index (χ0v) is 18.2. The van der Waals surface area contributed by atoms with Crippen molar-refractivity contribution in [2.75, 3.05) is 41.3 Å². The summed E-state index contributed by atoms with van der Waals surface area (Å²) in [6.45, 7) is 6.65. The van der Waals surface area contributed by atoms with E-state index in [1.807, 2.05) is 38.0 Å². The van der Waals surface area contributed by atoms with Crippen molar-refractivity contribution in [1.82, 2.24) is 14.7 Å². The van der Waals surface area contributed by atoms with E-state index in [9.17, 15) is 0 Å². The first-order valence-electron chi connectivity index (χ1n) is 8.65. The molecular weight excluding hydrogens is 411 g/mol. The Morgan fingerprint density at radius 1 is 1.00 bits per heavy atom. The van der Waals surface area contributed by atoms with E-state index in [0.29, 0.717) is 0 Å². The number of hydrogen-bond acceptors (Lipinski definition) is 2. The van der Waals surface area contributed by atoms with Crippen LogP contribution < -0.4 is 0 Å². The number of benzene rings is 1. The molecule has 1 heterocycles. The molecule has 1 aliphatic rings. The van der Waals surface area contributed by atoms with Gasteiger partial charge in [-0.15, -0.1) is 24.0 Å². The van der Waals surface area contributed by atoms with E-state index in [2.05, 4.69) is 36.1 Å². The maximum absolute atomic E-state index is 4.70. The van der Waals surface area contributed by atoms with E-state index >= 15 is 0 Å². The highest BCUT2D eigenvalue weighted by atomic mass is 127. The molecule has 0 N–H and O–H groups in total. The molecule has 5 heteroatoms. The zero-order chi connectivity index (χ0) is 16.8. The van der Waals surface area contributed by atoms with Crippen LogP contribution in [0.15, 0.2) is 29.3 Å². The Morgan fingerprint density at radius 3 is 2.00 bits per heavy atom. The van der Waals surface area contributed by atoms with Crippen LogP contribution in [0.3, 0.4) is 0 Å². The van der Waals surface area contributed by atoms with Gasteiger partial charge in [0.15, 0.2) is 5.96 Å². The van der Waals surface area contributed by atoms with Gasteiger partial charge in [0.1, 0.15) is 0 Å². The lowest BCUT2D eigenvalue weighted by Gasteiger charge is -2.30. The fraction of sp³-hybridized carbons (Fsp3) is 0.632. The van der Waals surface area contributed by atoms with E-state index in [0.717, 1.165) is 25.0 Å². The minimum Gasteiger partial charge on any atom is -0.349 e. The molecule has 0 saturated carbocycles. The van der Waals surface area contributed by atoms with E-state index in [-0.39, 0.29) is 24.0 Å². The molecule has 1 saturated heterocycles. The van der Waals surface area contributed by atoms with Gasteiger partial charge in [-0.1, -0.05) is 31.2 Å². The Morgan fingerprint density at radius 2 is 1.50 bits per heavy atom. The topological polar surface area (TPSA) is 22.1 Å². The van der Waals surface area contributed by atoms with Crippen molar-refractivity contribution in [2.24, 2.45) is 10.9 Å². The van der Waals surface area contributed by atoms with Crippen molar-refractivity contribution < 1.29 is 0 Å². The molecule has 4 nitrogen and oxygen atoms in total. The fourth-order valence-electron chi connectivity index (χ4n) is 3.07. The number of aliphatic imine (C=N–C) groups is 1. The monoisotopic (exact) mass is 444 g/mol. The molecule has 0 bridgehead atoms. The van der Waals surface area contributed by atoms with Gasteiger partial charge in [-0.3, -0.25) is 4.90 Å². The van der Waals surface area contributed by atoms with Gasteiger partial charge in [0, 0.05) is 34.7 Å². The fourth-order valence-corrected chi connectivity index (χ4v) is 3.07. The van der Waals surface area contributed by atoms with Gasteiger partial charge in [-0.05, 0) is 43.0 Å². The molecule has 0 spiro atoms. The summed E-state index contributed by atoms with van der Waals surface area (Å²) in [6.07, 6.45) is 2.68. The summed E-state index contributed by atoms with van der Waals surface area (Å²) in [7, 11) is 8.12. The summed E-state index contributed by atoms with van der Waals surface area (Å²) in [6, 6.07) is 8.95. The van der Waals surface area contributed by atoms with Crippen molar-refractivity contribution in [3.8, 4) is 0 Å². The number of guanidine groups is 1. The Labute approximate surface area is 164 Å². The maximum Gasteiger partial charge on any atom is 0.195 e. The summed E-state index contributed by atoms with van der Waals surface area (Å²) in [5.41, 5.74) is 2.68. The smallest absolute Gasteiger partial charge is 0.195 e. The standard InChI is InChI=1S/C19H32N4.HI/c1-16-10-12-23(13-11-16)15-18-8-6-17(7-9-18)14-20-19(21(2)3)22(4)5;/h6-9,16H,10-15H2,1-5H3;1H. The number of piperidine rings is 1. The molecule has 0 unspecified atom stereocenters. The predicted octanol–water partition coefficient (Wildman–Crippen LogP) is 3.52. The minimum atomic E-state index is 0. The predicted molar refractivity (Wildman–Crippen MR) is 114 cm³/mol. The SMILES string of the molecule is CC1CCN(Cc2ccc(CN=C(N(C)C)N(C)C)cc2)CC1.I. The molecule has 1 aromatic carbocycles. The normalized spacial score (nSPS) is 15.5. The molecule has 136 valence electrons. The number of nitrogens with zero attached hydrogens (tertiary/aromatic N) is 4. The quantitative estimate of drug-likeness (QED) is 0.403. The summed E-state index contributed by atoms with van der Waals surface area (Å²) in [4.78, 5) is 11.4. The zero-order valence-electron chi connectivity index (χ0n) is 15.8. The van der Waals surface area contributed by atoms with Crippen LogP contribution in [0.2, 0.25) is 0 Å². The summed E-state index contributed by atoms with van der Waals surface area (Å²) in [5, 5.41) is 0. The third-order valence-electron chi connectivity index (χ3n) is 4.51. The number of rotatable bonds is 4. The molecule has 0 radical (unpaired) electrons. The van der Waals surface area contributed by atoms with E-state index in [4.69, 9.17) is 4.99 Å². The lowest BCUT2D eigenvalue weighted by atomic mass is 9.99. The van der Waals surface area contributed by atoms with Gasteiger partial charge in [0.25, 0.3) is 0 Å². The van der Waals surface area contributed by atoms with Crippen LogP contribution in [-0.2, 0) is 13.1 Å². The molecule has 1 fully saturated rings. The van der Waals surface area contributed by atoms with E-state index in [1.54, 1.807) is 0 Å². The lowest BCUT2D eigenvalue weighted by Crippen LogP contribution is -2.35. The average Bonchev–Trinajstić information content (AvgIpc) is 2.51. The van der Waals surface area contributed by atoms with E-state index in [1.165, 1.54) is 37.1 Å². The first-order chi connectivity index (χ1) is 11.0. The van der Waals surface area contributed by atoms with Gasteiger partial charge in [-0.25, -0.2) is 4.99 Å². The van der Waals surface area contributed by atoms with Crippen LogP contribution >= 0.6 is 24.0 Å². The molecule has 0 amide bonds. The first-order valence-corrected chi connectivity index (χ1v) is 8.65. The van der Waals surface area contributed by atoms with Crippen LogP contribution in [0.1, 0.15) is 30.9 Å². The molecule has 0 aliphatic carbocycles. The average molecular weight is 444 g/mol. The second-order valence-electron chi connectivity index (χ2n) is 7.18. The Kier molecular flexibility index (Phi) is 9.05. The summed E-state index contributed by atoms with van der Waals surface area (Å²) >= 11 is 0. The van der Waals surface area contributed by atoms with Gasteiger partial charge in [0.05, 0.1) is 6.54 Å². The molecule has 0 atom stereocenters. The minimum absolute atomic E-state index is 0. The molecule has 1 aliphatic heterocycles. The van der Waals surface area contributed by atoms with Crippen molar-refractivity contribution in [3.63, 3.8) is 0 Å². The van der Waals surface area contributed by atoms with Crippen LogP contribution in [-0.4, -0.2) is 61.9 Å². The Hall–Kier alpha value is -0.820. The van der Waals surface area contributed by atoms with Gasteiger partial charge in [-0.2, -0.15) is 0 Å². The van der Waals surface area contributed by atoms with Gasteiger partial charge >= 0.3 is 0 Å².